The minimum absolute atomic E-state index is 0.102. The van der Waals surface area contributed by atoms with Crippen molar-refractivity contribution < 1.29 is 9.90 Å². The van der Waals surface area contributed by atoms with Gasteiger partial charge in [-0.3, -0.25) is 9.69 Å². The Hall–Kier alpha value is -0.980. The van der Waals surface area contributed by atoms with E-state index in [4.69, 9.17) is 0 Å². The van der Waals surface area contributed by atoms with Crippen molar-refractivity contribution >= 4 is 22.4 Å². The highest BCUT2D eigenvalue weighted by molar-refractivity contribution is 7.13. The minimum Gasteiger partial charge on any atom is -0.387 e. The van der Waals surface area contributed by atoms with Gasteiger partial charge in [0.2, 0.25) is 5.91 Å². The van der Waals surface area contributed by atoms with Crippen LogP contribution in [0.15, 0.2) is 5.38 Å². The number of nitrogens with zero attached hydrogens (tertiary/aromatic N) is 2. The van der Waals surface area contributed by atoms with Crippen LogP contribution in [0, 0.1) is 0 Å². The molecular formula is C11H17N3O2S. The number of anilines is 1. The second-order valence-corrected chi connectivity index (χ2v) is 5.41. The van der Waals surface area contributed by atoms with E-state index in [0.717, 1.165) is 18.7 Å². The number of hydrogen-bond donors (Lipinski definition) is 2. The van der Waals surface area contributed by atoms with Gasteiger partial charge in [-0.15, -0.1) is 11.3 Å². The average Bonchev–Trinajstić information content (AvgIpc) is 2.62. The van der Waals surface area contributed by atoms with E-state index in [0.29, 0.717) is 18.2 Å². The molecule has 1 amide bonds. The number of thiazole rings is 1. The fraction of sp³-hybridized carbons (Fsp3) is 0.636. The Morgan fingerprint density at radius 1 is 1.71 bits per heavy atom. The third-order valence-electron chi connectivity index (χ3n) is 2.91. The summed E-state index contributed by atoms with van der Waals surface area (Å²) in [6.45, 7) is 5.61. The number of nitrogens with one attached hydrogen (secondary N) is 1. The molecule has 6 heteroatoms. The number of amides is 1. The molecule has 1 aliphatic rings. The van der Waals surface area contributed by atoms with Crippen LogP contribution < -0.4 is 5.32 Å². The zero-order valence-corrected chi connectivity index (χ0v) is 10.9. The fourth-order valence-corrected chi connectivity index (χ4v) is 2.69. The molecule has 1 aromatic rings. The van der Waals surface area contributed by atoms with Crippen LogP contribution in [0.4, 0.5) is 5.13 Å². The molecule has 1 saturated heterocycles. The second kappa shape index (κ2) is 4.72. The van der Waals surface area contributed by atoms with Crippen LogP contribution in [0.25, 0.3) is 0 Å². The number of carbonyl (C=O) groups is 1. The Morgan fingerprint density at radius 3 is 3.00 bits per heavy atom. The largest absolute Gasteiger partial charge is 0.387 e. The highest BCUT2D eigenvalue weighted by Gasteiger charge is 2.39. The van der Waals surface area contributed by atoms with Crippen LogP contribution in [0.5, 0.6) is 0 Å². The zero-order chi connectivity index (χ0) is 12.5. The normalized spacial score (nSPS) is 18.8. The molecule has 0 radical (unpaired) electrons. The zero-order valence-electron chi connectivity index (χ0n) is 10.1. The Balaban J connectivity index is 1.84. The number of aromatic nitrogens is 1. The standard InChI is InChI=1S/C11H17N3O2S/c1-3-11(16)6-14(7-11)4-9-5-17-10(13-9)12-8(2)15/h5,16H,3-4,6-7H2,1-2H3,(H,12,13,15). The van der Waals surface area contributed by atoms with Gasteiger partial charge in [0.05, 0.1) is 11.3 Å². The van der Waals surface area contributed by atoms with Crippen LogP contribution in [-0.2, 0) is 11.3 Å². The predicted octanol–water partition coefficient (Wildman–Crippen LogP) is 1.06. The van der Waals surface area contributed by atoms with E-state index in [1.54, 1.807) is 0 Å². The Bertz CT molecular complexity index is 413. The minimum atomic E-state index is -0.503. The lowest BCUT2D eigenvalue weighted by molar-refractivity contribution is -0.114. The molecule has 0 bridgehead atoms. The van der Waals surface area contributed by atoms with E-state index in [9.17, 15) is 9.90 Å². The van der Waals surface area contributed by atoms with E-state index < -0.39 is 5.60 Å². The molecule has 5 nitrogen and oxygen atoms in total. The summed E-state index contributed by atoms with van der Waals surface area (Å²) < 4.78 is 0. The average molecular weight is 255 g/mol. The van der Waals surface area contributed by atoms with Crippen LogP contribution in [0.3, 0.4) is 0 Å². The molecule has 0 spiro atoms. The second-order valence-electron chi connectivity index (χ2n) is 4.55. The van der Waals surface area contributed by atoms with E-state index >= 15 is 0 Å². The lowest BCUT2D eigenvalue weighted by Crippen LogP contribution is -2.60. The van der Waals surface area contributed by atoms with Crippen molar-refractivity contribution in [1.29, 1.82) is 0 Å². The van der Waals surface area contributed by atoms with Gasteiger partial charge in [-0.05, 0) is 6.42 Å². The topological polar surface area (TPSA) is 65.5 Å². The smallest absolute Gasteiger partial charge is 0.223 e. The number of β-amino-alcohol motifs (C(OH)–C–C–N with tert-alkyl or cyclic N) is 1. The van der Waals surface area contributed by atoms with Crippen molar-refractivity contribution in [3.05, 3.63) is 11.1 Å². The van der Waals surface area contributed by atoms with E-state index in [1.807, 2.05) is 12.3 Å². The molecule has 0 aromatic carbocycles. The van der Waals surface area contributed by atoms with Gasteiger partial charge in [-0.2, -0.15) is 0 Å². The van der Waals surface area contributed by atoms with Crippen molar-refractivity contribution in [3.63, 3.8) is 0 Å². The Morgan fingerprint density at radius 2 is 2.41 bits per heavy atom. The van der Waals surface area contributed by atoms with Gasteiger partial charge in [0, 0.05) is 31.9 Å². The molecule has 94 valence electrons. The van der Waals surface area contributed by atoms with Gasteiger partial charge in [0.25, 0.3) is 0 Å². The summed E-state index contributed by atoms with van der Waals surface area (Å²) in [5.41, 5.74) is 0.438. The number of rotatable bonds is 4. The SMILES string of the molecule is CCC1(O)CN(Cc2csc(NC(C)=O)n2)C1. The van der Waals surface area contributed by atoms with Gasteiger partial charge in [-0.25, -0.2) is 4.98 Å². The molecular weight excluding hydrogens is 238 g/mol. The van der Waals surface area contributed by atoms with Crippen LogP contribution >= 0.6 is 11.3 Å². The van der Waals surface area contributed by atoms with Crippen LogP contribution in [-0.4, -0.2) is 39.6 Å². The van der Waals surface area contributed by atoms with Crippen molar-refractivity contribution in [2.45, 2.75) is 32.4 Å². The maximum absolute atomic E-state index is 10.8. The molecule has 1 aromatic heterocycles. The third kappa shape index (κ3) is 3.02. The number of carbonyl (C=O) groups excluding carboxylic acids is 1. The molecule has 1 fully saturated rings. The number of aliphatic hydroxyl groups is 1. The Labute approximate surface area is 104 Å². The maximum Gasteiger partial charge on any atom is 0.223 e. The molecule has 2 rings (SSSR count). The van der Waals surface area contributed by atoms with Crippen molar-refractivity contribution in [3.8, 4) is 0 Å². The molecule has 2 heterocycles. The summed E-state index contributed by atoms with van der Waals surface area (Å²) in [7, 11) is 0. The quantitative estimate of drug-likeness (QED) is 0.844. The first-order valence-corrected chi connectivity index (χ1v) is 6.55. The van der Waals surface area contributed by atoms with E-state index in [2.05, 4.69) is 15.2 Å². The summed E-state index contributed by atoms with van der Waals surface area (Å²) in [5.74, 6) is -0.102. The van der Waals surface area contributed by atoms with Crippen molar-refractivity contribution in [2.75, 3.05) is 18.4 Å². The summed E-state index contributed by atoms with van der Waals surface area (Å²) in [6, 6.07) is 0. The highest BCUT2D eigenvalue weighted by Crippen LogP contribution is 2.26. The summed E-state index contributed by atoms with van der Waals surface area (Å²) in [4.78, 5) is 17.3. The first-order chi connectivity index (χ1) is 8.00. The molecule has 0 atom stereocenters. The van der Waals surface area contributed by atoms with Gasteiger partial charge in [0.1, 0.15) is 0 Å². The number of hydrogen-bond acceptors (Lipinski definition) is 5. The summed E-state index contributed by atoms with van der Waals surface area (Å²) >= 11 is 1.43. The lowest BCUT2D eigenvalue weighted by Gasteiger charge is -2.45. The summed E-state index contributed by atoms with van der Waals surface area (Å²) in [6.07, 6.45) is 0.789. The summed E-state index contributed by atoms with van der Waals surface area (Å²) in [5, 5.41) is 15.1. The lowest BCUT2D eigenvalue weighted by atomic mass is 9.91. The molecule has 17 heavy (non-hydrogen) atoms. The maximum atomic E-state index is 10.8. The fourth-order valence-electron chi connectivity index (χ4n) is 1.94. The van der Waals surface area contributed by atoms with Gasteiger partial charge >= 0.3 is 0 Å². The van der Waals surface area contributed by atoms with Gasteiger partial charge in [0.15, 0.2) is 5.13 Å². The van der Waals surface area contributed by atoms with Crippen molar-refractivity contribution in [2.24, 2.45) is 0 Å². The monoisotopic (exact) mass is 255 g/mol. The highest BCUT2D eigenvalue weighted by atomic mass is 32.1. The van der Waals surface area contributed by atoms with E-state index in [1.165, 1.54) is 18.3 Å². The third-order valence-corrected chi connectivity index (χ3v) is 3.72. The van der Waals surface area contributed by atoms with Crippen LogP contribution in [0.2, 0.25) is 0 Å². The molecule has 0 unspecified atom stereocenters. The van der Waals surface area contributed by atoms with Gasteiger partial charge in [-0.1, -0.05) is 6.92 Å². The molecule has 1 aliphatic heterocycles. The van der Waals surface area contributed by atoms with Gasteiger partial charge < -0.3 is 10.4 Å². The first kappa shape index (κ1) is 12.5. The Kier molecular flexibility index (Phi) is 3.46. The molecule has 0 saturated carbocycles. The predicted molar refractivity (Wildman–Crippen MR) is 66.9 cm³/mol. The van der Waals surface area contributed by atoms with Crippen LogP contribution in [0.1, 0.15) is 26.0 Å². The first-order valence-electron chi connectivity index (χ1n) is 5.67. The van der Waals surface area contributed by atoms with E-state index in [-0.39, 0.29) is 5.91 Å². The molecule has 2 N–H and O–H groups in total. The van der Waals surface area contributed by atoms with Crippen molar-refractivity contribution in [1.82, 2.24) is 9.88 Å². The number of likely N-dealkylation sites (tertiary alicyclic amines) is 1. The molecule has 0 aliphatic carbocycles.